The zero-order chi connectivity index (χ0) is 25.7. The van der Waals surface area contributed by atoms with Crippen LogP contribution in [0, 0.1) is 17.3 Å². The van der Waals surface area contributed by atoms with E-state index >= 15 is 0 Å². The maximum Gasteiger partial charge on any atom is 0.411 e. The van der Waals surface area contributed by atoms with Crippen LogP contribution in [-0.4, -0.2) is 47.3 Å². The summed E-state index contributed by atoms with van der Waals surface area (Å²) < 4.78 is 43.4. The van der Waals surface area contributed by atoms with Gasteiger partial charge in [-0.25, -0.2) is 0 Å². The Kier molecular flexibility index (Phi) is 6.40. The predicted molar refractivity (Wildman–Crippen MR) is 128 cm³/mol. The number of allylic oxidation sites excluding steroid dienone is 4. The Hall–Kier alpha value is -2.45. The number of alkyl halides is 3. The minimum Gasteiger partial charge on any atom is -0.411 e. The minimum atomic E-state index is -4.44. The zero-order valence-corrected chi connectivity index (χ0v) is 20.4. The first-order valence-electron chi connectivity index (χ1n) is 12.7. The van der Waals surface area contributed by atoms with E-state index in [-0.39, 0.29) is 30.1 Å². The average molecular weight is 504 g/mol. The lowest BCUT2D eigenvalue weighted by Crippen LogP contribution is -2.54. The number of oxime groups is 1. The van der Waals surface area contributed by atoms with E-state index in [0.717, 1.165) is 36.0 Å². The number of fused-ring (bicyclic) bond motifs is 4. The molecular formula is C28H32F3NO4. The molecule has 2 N–H and O–H groups in total. The van der Waals surface area contributed by atoms with Crippen molar-refractivity contribution in [1.82, 2.24) is 0 Å². The van der Waals surface area contributed by atoms with Gasteiger partial charge in [-0.3, -0.25) is 4.79 Å². The fourth-order valence-electron chi connectivity index (χ4n) is 7.51. The number of carbonyl (C=O) groups excluding carboxylic acids is 1. The number of ether oxygens (including phenoxy) is 1. The number of aliphatic hydroxyl groups is 1. The normalized spacial score (nSPS) is 34.4. The van der Waals surface area contributed by atoms with Crippen molar-refractivity contribution in [3.63, 3.8) is 0 Å². The van der Waals surface area contributed by atoms with Gasteiger partial charge in [0.15, 0.2) is 5.78 Å². The molecule has 5 rings (SSSR count). The molecule has 0 spiro atoms. The van der Waals surface area contributed by atoms with Crippen LogP contribution in [0.15, 0.2) is 52.2 Å². The summed E-state index contributed by atoms with van der Waals surface area (Å²) >= 11 is 0. The van der Waals surface area contributed by atoms with Gasteiger partial charge in [-0.15, -0.1) is 0 Å². The van der Waals surface area contributed by atoms with E-state index in [1.807, 2.05) is 31.2 Å². The monoisotopic (exact) mass is 503 g/mol. The van der Waals surface area contributed by atoms with E-state index in [1.54, 1.807) is 6.08 Å². The van der Waals surface area contributed by atoms with Crippen LogP contribution in [0.5, 0.6) is 0 Å². The number of rotatable bonds is 5. The molecule has 1 aromatic rings. The van der Waals surface area contributed by atoms with Crippen molar-refractivity contribution in [2.75, 3.05) is 13.2 Å². The Morgan fingerprint density at radius 3 is 2.61 bits per heavy atom. The number of benzene rings is 1. The molecule has 194 valence electrons. The highest BCUT2D eigenvalue weighted by Gasteiger charge is 2.63. The second kappa shape index (κ2) is 9.14. The Morgan fingerprint density at radius 2 is 1.92 bits per heavy atom. The van der Waals surface area contributed by atoms with Crippen LogP contribution in [0.2, 0.25) is 0 Å². The lowest BCUT2D eigenvalue weighted by molar-refractivity contribution is -0.200. The number of nitrogens with zero attached hydrogens (tertiary/aromatic N) is 1. The molecule has 4 aliphatic rings. The van der Waals surface area contributed by atoms with Gasteiger partial charge >= 0.3 is 6.18 Å². The fourth-order valence-corrected chi connectivity index (χ4v) is 7.51. The third kappa shape index (κ3) is 4.32. The zero-order valence-electron chi connectivity index (χ0n) is 20.4. The standard InChI is InChI=1S/C28H32F3NO4/c1-26-13-23(18-4-2-17(3-5-18)14-32-35)25-21-9-7-20(33)12-19(21)6-8-22(25)24(26)10-11-27(26,34)15-36-16-28(29,30)31/h2-5,12,14,22-24,34-35H,6-11,13,15-16H2,1H3/b32-14+/t22-,23+,24-,26-,27+/m0/s1. The highest BCUT2D eigenvalue weighted by Crippen LogP contribution is 2.66. The highest BCUT2D eigenvalue weighted by atomic mass is 19.4. The first-order chi connectivity index (χ1) is 17.0. The SMILES string of the molecule is C[C@]12C[C@H](c3ccc(/C=N/O)cc3)C3=C4CCC(=O)C=C4CC[C@H]3[C@@H]1CC[C@@]2(O)COCC(F)(F)F. The second-order valence-electron chi connectivity index (χ2n) is 11.1. The minimum absolute atomic E-state index is 0.0319. The molecular weight excluding hydrogens is 471 g/mol. The van der Waals surface area contributed by atoms with Gasteiger partial charge in [0.25, 0.3) is 0 Å². The van der Waals surface area contributed by atoms with Crippen molar-refractivity contribution < 1.29 is 33.0 Å². The summed E-state index contributed by atoms with van der Waals surface area (Å²) in [6, 6.07) is 7.74. The first kappa shape index (κ1) is 25.2. The van der Waals surface area contributed by atoms with Crippen molar-refractivity contribution >= 4 is 12.0 Å². The van der Waals surface area contributed by atoms with Crippen LogP contribution < -0.4 is 0 Å². The van der Waals surface area contributed by atoms with Crippen LogP contribution in [0.4, 0.5) is 13.2 Å². The van der Waals surface area contributed by atoms with Gasteiger partial charge in [0.2, 0.25) is 0 Å². The smallest absolute Gasteiger partial charge is 0.411 e. The summed E-state index contributed by atoms with van der Waals surface area (Å²) in [5.41, 5.74) is 3.57. The van der Waals surface area contributed by atoms with Crippen molar-refractivity contribution in [2.24, 2.45) is 22.4 Å². The molecule has 1 aromatic carbocycles. The van der Waals surface area contributed by atoms with Crippen LogP contribution in [-0.2, 0) is 9.53 Å². The molecule has 4 aliphatic carbocycles. The molecule has 8 heteroatoms. The molecule has 0 amide bonds. The topological polar surface area (TPSA) is 79.1 Å². The van der Waals surface area contributed by atoms with E-state index in [1.165, 1.54) is 17.4 Å². The van der Waals surface area contributed by atoms with Gasteiger partial charge in [0.1, 0.15) is 6.61 Å². The molecule has 0 aromatic heterocycles. The Balaban J connectivity index is 1.56. The Morgan fingerprint density at radius 1 is 1.17 bits per heavy atom. The highest BCUT2D eigenvalue weighted by molar-refractivity contribution is 5.93. The Bertz CT molecular complexity index is 1120. The lowest BCUT2D eigenvalue weighted by atomic mass is 9.51. The number of carbonyl (C=O) groups is 1. The molecule has 0 saturated heterocycles. The van der Waals surface area contributed by atoms with Gasteiger partial charge in [-0.1, -0.05) is 41.9 Å². The average Bonchev–Trinajstić information content (AvgIpc) is 3.08. The third-order valence-electron chi connectivity index (χ3n) is 9.21. The summed E-state index contributed by atoms with van der Waals surface area (Å²) in [6.07, 6.45) is 3.33. The van der Waals surface area contributed by atoms with E-state index in [4.69, 9.17) is 9.94 Å². The van der Waals surface area contributed by atoms with E-state index in [2.05, 4.69) is 5.16 Å². The Labute approximate surface area is 208 Å². The lowest BCUT2D eigenvalue weighted by Gasteiger charge is -2.54. The molecule has 2 fully saturated rings. The van der Waals surface area contributed by atoms with Crippen LogP contribution in [0.3, 0.4) is 0 Å². The molecule has 36 heavy (non-hydrogen) atoms. The largest absolute Gasteiger partial charge is 0.411 e. The van der Waals surface area contributed by atoms with Crippen molar-refractivity contribution in [2.45, 2.75) is 69.6 Å². The molecule has 0 radical (unpaired) electrons. The molecule has 5 atom stereocenters. The molecule has 0 bridgehead atoms. The molecule has 2 saturated carbocycles. The van der Waals surface area contributed by atoms with Crippen molar-refractivity contribution in [1.29, 1.82) is 0 Å². The van der Waals surface area contributed by atoms with Crippen molar-refractivity contribution in [3.05, 3.63) is 58.2 Å². The van der Waals surface area contributed by atoms with Gasteiger partial charge < -0.3 is 15.1 Å². The van der Waals surface area contributed by atoms with Crippen LogP contribution in [0.25, 0.3) is 0 Å². The molecule has 0 heterocycles. The van der Waals surface area contributed by atoms with Gasteiger partial charge in [0.05, 0.1) is 18.4 Å². The summed E-state index contributed by atoms with van der Waals surface area (Å²) in [6.45, 7) is 0.323. The summed E-state index contributed by atoms with van der Waals surface area (Å²) in [4.78, 5) is 12.2. The molecule has 0 aliphatic heterocycles. The quantitative estimate of drug-likeness (QED) is 0.307. The number of hydrogen-bond acceptors (Lipinski definition) is 5. The van der Waals surface area contributed by atoms with Crippen LogP contribution >= 0.6 is 0 Å². The van der Waals surface area contributed by atoms with Gasteiger partial charge in [-0.05, 0) is 78.7 Å². The fraction of sp³-hybridized carbons (Fsp3) is 0.571. The van der Waals surface area contributed by atoms with Gasteiger partial charge in [-0.2, -0.15) is 13.2 Å². The van der Waals surface area contributed by atoms with E-state index < -0.39 is 23.8 Å². The van der Waals surface area contributed by atoms with E-state index in [0.29, 0.717) is 25.7 Å². The summed E-state index contributed by atoms with van der Waals surface area (Å²) in [7, 11) is 0. The molecule has 0 unspecified atom stereocenters. The maximum absolute atomic E-state index is 12.8. The summed E-state index contributed by atoms with van der Waals surface area (Å²) in [5, 5.41) is 23.7. The van der Waals surface area contributed by atoms with Crippen molar-refractivity contribution in [3.8, 4) is 0 Å². The second-order valence-corrected chi connectivity index (χ2v) is 11.1. The number of hydrogen-bond donors (Lipinski definition) is 2. The number of ketones is 1. The number of halogens is 3. The molecule has 5 nitrogen and oxygen atoms in total. The van der Waals surface area contributed by atoms with E-state index in [9.17, 15) is 23.1 Å². The third-order valence-corrected chi connectivity index (χ3v) is 9.21. The van der Waals surface area contributed by atoms with Gasteiger partial charge in [0, 0.05) is 17.8 Å². The predicted octanol–water partition coefficient (Wildman–Crippen LogP) is 5.70. The van der Waals surface area contributed by atoms with Crippen LogP contribution in [0.1, 0.15) is 68.9 Å². The summed E-state index contributed by atoms with van der Waals surface area (Å²) in [5.74, 6) is 0.463. The first-order valence-corrected chi connectivity index (χ1v) is 12.7. The maximum atomic E-state index is 12.8.